The van der Waals surface area contributed by atoms with Crippen molar-refractivity contribution < 1.29 is 4.79 Å². The van der Waals surface area contributed by atoms with E-state index in [9.17, 15) is 14.8 Å². The molecule has 0 aliphatic heterocycles. The molecule has 5 heteroatoms. The number of carbonyl (C=O) groups excluding carboxylic acids is 1. The van der Waals surface area contributed by atoms with Crippen molar-refractivity contribution in [1.29, 1.82) is 0 Å². The van der Waals surface area contributed by atoms with Gasteiger partial charge in [-0.1, -0.05) is 6.07 Å². The Morgan fingerprint density at radius 3 is 2.64 bits per heavy atom. The van der Waals surface area contributed by atoms with Gasteiger partial charge >= 0.3 is 0 Å². The first kappa shape index (κ1) is 8.25. The fourth-order valence-corrected chi connectivity index (χ4v) is 1.02. The number of hydrogen-bond acceptors (Lipinski definition) is 3. The van der Waals surface area contributed by atoms with Crippen LogP contribution in [0.3, 0.4) is 0 Å². The van der Waals surface area contributed by atoms with E-state index in [0.29, 0.717) is 0 Å². The van der Waals surface area contributed by atoms with Crippen molar-refractivity contribution in [3.8, 4) is 0 Å². The number of pyridine rings is 1. The smallest absolute Gasteiger partial charge is 0.246 e. The van der Waals surface area contributed by atoms with Crippen molar-refractivity contribution in [1.82, 2.24) is 4.73 Å². The summed E-state index contributed by atoms with van der Waals surface area (Å²) in [4.78, 5) is 21.3. The molecule has 4 nitrogen and oxygen atoms in total. The molecule has 0 unspecified atom stereocenters. The van der Waals surface area contributed by atoms with E-state index in [1.165, 1.54) is 34.7 Å². The second-order valence-electron chi connectivity index (χ2n) is 1.82. The summed E-state index contributed by atoms with van der Waals surface area (Å²) in [5, 5.41) is 10.8. The van der Waals surface area contributed by atoms with Crippen LogP contribution in [0.1, 0.15) is 10.5 Å². The first-order chi connectivity index (χ1) is 5.13. The molecule has 1 aromatic heterocycles. The van der Waals surface area contributed by atoms with E-state index in [0.717, 1.165) is 6.07 Å². The maximum atomic E-state index is 10.8. The Morgan fingerprint density at radius 2 is 2.18 bits per heavy atom. The summed E-state index contributed by atoms with van der Waals surface area (Å²) in [6.07, 6.45) is 0. The minimum atomic E-state index is -0.715. The molecule has 1 heterocycles. The number of aromatic nitrogens is 1. The maximum absolute atomic E-state index is 10.8. The molecule has 0 radical (unpaired) electrons. The molecule has 0 atom stereocenters. The lowest BCUT2D eigenvalue weighted by Gasteiger charge is -2.11. The zero-order valence-electron chi connectivity index (χ0n) is 5.28. The molecule has 0 N–H and O–H groups in total. The molecular formula is C6H3INO3-. The number of nitrogens with zero attached hydrogens (tertiary/aromatic N) is 1. The SMILES string of the molecule is O=C(I)c1cccc(=O)n1[O-]. The normalized spacial score (nSPS) is 9.55. The highest BCUT2D eigenvalue weighted by molar-refractivity contribution is 14.1. The van der Waals surface area contributed by atoms with Gasteiger partial charge in [0.15, 0.2) is 0 Å². The Hall–Kier alpha value is -0.850. The van der Waals surface area contributed by atoms with Crippen molar-refractivity contribution in [3.63, 3.8) is 0 Å². The van der Waals surface area contributed by atoms with E-state index in [-0.39, 0.29) is 10.4 Å². The Balaban J connectivity index is 3.39. The largest absolute Gasteiger partial charge is 0.803 e. The Labute approximate surface area is 75.6 Å². The van der Waals surface area contributed by atoms with Gasteiger partial charge in [-0.25, -0.2) is 0 Å². The van der Waals surface area contributed by atoms with Gasteiger partial charge in [0.1, 0.15) is 0 Å². The monoisotopic (exact) mass is 264 g/mol. The van der Waals surface area contributed by atoms with Crippen LogP contribution in [0, 0.1) is 5.21 Å². The van der Waals surface area contributed by atoms with Crippen molar-refractivity contribution >= 4 is 26.4 Å². The van der Waals surface area contributed by atoms with Crippen LogP contribution in [0.15, 0.2) is 23.0 Å². The standard InChI is InChI=1S/C6H3INO3/c7-6(10)4-2-1-3-5(9)8(4)11/h1-3H/q-1. The lowest BCUT2D eigenvalue weighted by molar-refractivity contribution is 0.109. The predicted molar refractivity (Wildman–Crippen MR) is 47.8 cm³/mol. The van der Waals surface area contributed by atoms with Crippen molar-refractivity contribution in [2.45, 2.75) is 0 Å². The summed E-state index contributed by atoms with van der Waals surface area (Å²) in [6, 6.07) is 3.79. The van der Waals surface area contributed by atoms with Crippen LogP contribution in [0.4, 0.5) is 0 Å². The topological polar surface area (TPSA) is 62.1 Å². The lowest BCUT2D eigenvalue weighted by Crippen LogP contribution is -2.18. The number of carbonyl (C=O) groups is 1. The summed E-state index contributed by atoms with van der Waals surface area (Å²) in [5.41, 5.74) is -0.842. The van der Waals surface area contributed by atoms with Crippen LogP contribution in [-0.2, 0) is 0 Å². The van der Waals surface area contributed by atoms with Crippen LogP contribution in [0.25, 0.3) is 0 Å². The number of hydrogen-bond donors (Lipinski definition) is 0. The van der Waals surface area contributed by atoms with Gasteiger partial charge in [0.2, 0.25) is 9.35 Å². The van der Waals surface area contributed by atoms with E-state index in [2.05, 4.69) is 0 Å². The Kier molecular flexibility index (Phi) is 2.28. The fourth-order valence-electron chi connectivity index (χ4n) is 0.621. The van der Waals surface area contributed by atoms with E-state index in [1.54, 1.807) is 0 Å². The molecule has 0 bridgehead atoms. The minimum absolute atomic E-state index is 0.0781. The van der Waals surface area contributed by atoms with E-state index in [4.69, 9.17) is 0 Å². The van der Waals surface area contributed by atoms with Gasteiger partial charge in [-0.3, -0.25) is 9.59 Å². The van der Waals surface area contributed by atoms with Crippen molar-refractivity contribution in [3.05, 3.63) is 39.5 Å². The molecule has 0 amide bonds. The molecule has 1 aromatic rings. The second kappa shape index (κ2) is 3.04. The molecule has 0 aromatic carbocycles. The molecule has 0 spiro atoms. The second-order valence-corrected chi connectivity index (χ2v) is 2.80. The molecule has 0 saturated carbocycles. The Morgan fingerprint density at radius 1 is 1.55 bits per heavy atom. The average molecular weight is 264 g/mol. The number of halogens is 1. The highest BCUT2D eigenvalue weighted by Gasteiger charge is 2.01. The highest BCUT2D eigenvalue weighted by atomic mass is 127. The first-order valence-electron chi connectivity index (χ1n) is 2.72. The third-order valence-corrected chi connectivity index (χ3v) is 1.67. The summed E-state index contributed by atoms with van der Waals surface area (Å²) < 4.78 is -0.357. The Bertz CT molecular complexity index is 344. The molecule has 11 heavy (non-hydrogen) atoms. The van der Waals surface area contributed by atoms with Crippen LogP contribution in [-0.4, -0.2) is 8.52 Å². The maximum Gasteiger partial charge on any atom is 0.246 e. The molecular weight excluding hydrogens is 261 g/mol. The summed E-state index contributed by atoms with van der Waals surface area (Å²) in [5.74, 6) is 0. The van der Waals surface area contributed by atoms with Gasteiger partial charge < -0.3 is 9.94 Å². The average Bonchev–Trinajstić information content (AvgIpc) is 1.94. The summed E-state index contributed by atoms with van der Waals surface area (Å²) >= 11 is 1.45. The quantitative estimate of drug-likeness (QED) is 0.556. The third kappa shape index (κ3) is 1.59. The van der Waals surface area contributed by atoms with E-state index >= 15 is 0 Å². The van der Waals surface area contributed by atoms with Crippen molar-refractivity contribution in [2.75, 3.05) is 0 Å². The van der Waals surface area contributed by atoms with Crippen LogP contribution < -0.4 is 5.56 Å². The van der Waals surface area contributed by atoms with Crippen LogP contribution in [0.5, 0.6) is 0 Å². The molecule has 0 saturated heterocycles. The molecule has 58 valence electrons. The molecule has 0 aliphatic rings. The molecule has 1 rings (SSSR count). The fraction of sp³-hybridized carbons (Fsp3) is 0. The van der Waals surface area contributed by atoms with Crippen LogP contribution >= 0.6 is 22.6 Å². The van der Waals surface area contributed by atoms with E-state index < -0.39 is 9.35 Å². The summed E-state index contributed by atoms with van der Waals surface area (Å²) in [7, 11) is 0. The highest BCUT2D eigenvalue weighted by Crippen LogP contribution is 2.01. The van der Waals surface area contributed by atoms with E-state index in [1.807, 2.05) is 0 Å². The zero-order chi connectivity index (χ0) is 8.43. The van der Waals surface area contributed by atoms with Gasteiger partial charge in [0.25, 0.3) is 0 Å². The first-order valence-corrected chi connectivity index (χ1v) is 3.80. The van der Waals surface area contributed by atoms with Gasteiger partial charge in [-0.15, -0.1) is 0 Å². The zero-order valence-corrected chi connectivity index (χ0v) is 7.44. The molecule has 0 fully saturated rings. The van der Waals surface area contributed by atoms with Gasteiger partial charge in [0, 0.05) is 28.7 Å². The van der Waals surface area contributed by atoms with Crippen LogP contribution in [0.2, 0.25) is 0 Å². The van der Waals surface area contributed by atoms with Crippen molar-refractivity contribution in [2.24, 2.45) is 0 Å². The number of rotatable bonds is 1. The van der Waals surface area contributed by atoms with Gasteiger partial charge in [0.05, 0.1) is 5.69 Å². The third-order valence-electron chi connectivity index (χ3n) is 1.11. The minimum Gasteiger partial charge on any atom is -0.803 e. The van der Waals surface area contributed by atoms with Gasteiger partial charge in [-0.2, -0.15) is 0 Å². The van der Waals surface area contributed by atoms with Gasteiger partial charge in [-0.05, 0) is 6.07 Å². The summed E-state index contributed by atoms with van der Waals surface area (Å²) in [6.45, 7) is 0. The predicted octanol–water partition coefficient (Wildman–Crippen LogP) is 0.769. The lowest BCUT2D eigenvalue weighted by atomic mass is 10.4. The molecule has 0 aliphatic carbocycles.